The van der Waals surface area contributed by atoms with Gasteiger partial charge in [0.25, 0.3) is 0 Å². The van der Waals surface area contributed by atoms with Gasteiger partial charge >= 0.3 is 0 Å². The largest absolute Gasteiger partial charge is 0.309 e. The zero-order chi connectivity index (χ0) is 38.6. The zero-order valence-corrected chi connectivity index (χ0v) is 31.8. The fraction of sp³-hybridized carbons (Fsp3) is 0. The standard InChI is InChI=1S/C54H33N5/c1-3-16-38(17-4-1)57-47-24-12-10-21-41(47)53-52-45(22-13-25-50(52)57)55-54(56-53)59-46-23-11-9-20-40(46)42-31-36(27-29-49(42)59)37-26-28-48-43(32-37)44-30-34-14-7-8-15-35(34)33-51(44)58(48)39-18-5-2-6-19-39/h1-33H. The first-order valence-electron chi connectivity index (χ1n) is 20.1. The number of aromatic nitrogens is 4. The molecule has 12 aromatic rings. The van der Waals surface area contributed by atoms with Gasteiger partial charge in [0.05, 0.1) is 50.0 Å². The molecule has 0 unspecified atom stereocenters. The van der Waals surface area contributed by atoms with Crippen LogP contribution in [0.5, 0.6) is 0 Å². The molecule has 1 aliphatic rings. The van der Waals surface area contributed by atoms with E-state index < -0.39 is 0 Å². The molecule has 13 rings (SSSR count). The lowest BCUT2D eigenvalue weighted by molar-refractivity contribution is 1.01. The highest BCUT2D eigenvalue weighted by atomic mass is 15.2. The summed E-state index contributed by atoms with van der Waals surface area (Å²) in [6.45, 7) is 0. The van der Waals surface area contributed by atoms with Crippen LogP contribution in [0, 0.1) is 0 Å². The summed E-state index contributed by atoms with van der Waals surface area (Å²) in [6, 6.07) is 72.0. The molecule has 0 fully saturated rings. The summed E-state index contributed by atoms with van der Waals surface area (Å²) in [7, 11) is 0. The lowest BCUT2D eigenvalue weighted by atomic mass is 9.96. The fourth-order valence-electron chi connectivity index (χ4n) is 9.60. The first-order valence-corrected chi connectivity index (χ1v) is 20.1. The maximum atomic E-state index is 5.46. The number of benzene rings is 9. The first-order chi connectivity index (χ1) is 29.3. The topological polar surface area (TPSA) is 38.9 Å². The minimum atomic E-state index is 0.661. The van der Waals surface area contributed by atoms with E-state index in [1.165, 1.54) is 43.5 Å². The van der Waals surface area contributed by atoms with Crippen molar-refractivity contribution < 1.29 is 0 Å². The van der Waals surface area contributed by atoms with Gasteiger partial charge in [-0.1, -0.05) is 115 Å². The van der Waals surface area contributed by atoms with E-state index in [1.54, 1.807) is 0 Å². The molecule has 59 heavy (non-hydrogen) atoms. The lowest BCUT2D eigenvalue weighted by Crippen LogP contribution is -2.16. The minimum absolute atomic E-state index is 0.661. The summed E-state index contributed by atoms with van der Waals surface area (Å²) >= 11 is 0. The molecule has 0 bridgehead atoms. The lowest BCUT2D eigenvalue weighted by Gasteiger charge is -2.32. The van der Waals surface area contributed by atoms with Crippen molar-refractivity contribution in [3.63, 3.8) is 0 Å². The summed E-state index contributed by atoms with van der Waals surface area (Å²) < 4.78 is 4.64. The van der Waals surface area contributed by atoms with Crippen molar-refractivity contribution in [1.82, 2.24) is 19.1 Å². The number of hydrogen-bond acceptors (Lipinski definition) is 3. The first kappa shape index (κ1) is 32.1. The number of fused-ring (bicyclic) bond motifs is 9. The van der Waals surface area contributed by atoms with Crippen LogP contribution in [0.2, 0.25) is 0 Å². The number of nitrogens with zero attached hydrogens (tertiary/aromatic N) is 5. The maximum Gasteiger partial charge on any atom is 0.235 e. The van der Waals surface area contributed by atoms with Crippen LogP contribution < -0.4 is 4.90 Å². The van der Waals surface area contributed by atoms with Crippen molar-refractivity contribution in [1.29, 1.82) is 0 Å². The molecule has 0 radical (unpaired) electrons. The SMILES string of the molecule is c1ccc(N2c3ccccc3-c3nc(-n4c5ccccc5c5cc(-c6ccc7c(c6)c6cc8ccccc8cc6n7-c6ccccc6)ccc54)nc4cccc2c34)cc1. The van der Waals surface area contributed by atoms with Crippen molar-refractivity contribution in [2.24, 2.45) is 0 Å². The van der Waals surface area contributed by atoms with E-state index in [9.17, 15) is 0 Å². The number of rotatable bonds is 4. The molecule has 9 aromatic carbocycles. The molecule has 3 aromatic heterocycles. The van der Waals surface area contributed by atoms with Gasteiger partial charge in [-0.2, -0.15) is 0 Å². The highest BCUT2D eigenvalue weighted by Gasteiger charge is 2.28. The summed E-state index contributed by atoms with van der Waals surface area (Å²) in [5.41, 5.74) is 14.3. The van der Waals surface area contributed by atoms with Crippen molar-refractivity contribution >= 4 is 82.3 Å². The summed E-state index contributed by atoms with van der Waals surface area (Å²) in [4.78, 5) is 13.1. The molecular weight excluding hydrogens is 719 g/mol. The van der Waals surface area contributed by atoms with Gasteiger partial charge in [0, 0.05) is 38.5 Å². The van der Waals surface area contributed by atoms with Crippen LogP contribution in [0.15, 0.2) is 200 Å². The molecular formula is C54H33N5. The van der Waals surface area contributed by atoms with E-state index in [1.807, 2.05) is 0 Å². The molecule has 0 saturated heterocycles. The molecule has 0 atom stereocenters. The Morgan fingerprint density at radius 2 is 0.949 bits per heavy atom. The Labute approximate surface area is 339 Å². The Balaban J connectivity index is 1.01. The molecule has 5 heteroatoms. The third-order valence-corrected chi connectivity index (χ3v) is 12.2. The van der Waals surface area contributed by atoms with Crippen LogP contribution >= 0.6 is 0 Å². The maximum absolute atomic E-state index is 5.46. The fourth-order valence-corrected chi connectivity index (χ4v) is 9.60. The van der Waals surface area contributed by atoms with E-state index in [0.29, 0.717) is 5.95 Å². The second-order valence-corrected chi connectivity index (χ2v) is 15.4. The van der Waals surface area contributed by atoms with Crippen LogP contribution in [0.25, 0.3) is 99.3 Å². The van der Waals surface area contributed by atoms with Crippen LogP contribution in [0.1, 0.15) is 0 Å². The molecule has 274 valence electrons. The van der Waals surface area contributed by atoms with Crippen molar-refractivity contribution in [3.8, 4) is 34.0 Å². The highest BCUT2D eigenvalue weighted by molar-refractivity contribution is 6.16. The third kappa shape index (κ3) is 4.67. The van der Waals surface area contributed by atoms with Crippen molar-refractivity contribution in [3.05, 3.63) is 200 Å². The van der Waals surface area contributed by atoms with E-state index in [2.05, 4.69) is 214 Å². The van der Waals surface area contributed by atoms with Gasteiger partial charge in [-0.25, -0.2) is 9.97 Å². The predicted molar refractivity (Wildman–Crippen MR) is 245 cm³/mol. The van der Waals surface area contributed by atoms with Crippen molar-refractivity contribution in [2.75, 3.05) is 4.90 Å². The summed E-state index contributed by atoms with van der Waals surface area (Å²) in [6.07, 6.45) is 0. The van der Waals surface area contributed by atoms with Crippen LogP contribution in [-0.4, -0.2) is 19.1 Å². The van der Waals surface area contributed by atoms with Gasteiger partial charge in [-0.3, -0.25) is 4.57 Å². The van der Waals surface area contributed by atoms with E-state index in [-0.39, 0.29) is 0 Å². The second-order valence-electron chi connectivity index (χ2n) is 15.4. The smallest absolute Gasteiger partial charge is 0.235 e. The van der Waals surface area contributed by atoms with Crippen LogP contribution in [0.4, 0.5) is 17.1 Å². The molecule has 0 N–H and O–H groups in total. The number of hydrogen-bond donors (Lipinski definition) is 0. The molecule has 0 spiro atoms. The Kier molecular flexibility index (Phi) is 6.66. The Hall–Kier alpha value is -8.02. The average molecular weight is 752 g/mol. The number of anilines is 3. The Morgan fingerprint density at radius 3 is 1.75 bits per heavy atom. The summed E-state index contributed by atoms with van der Waals surface area (Å²) in [5.74, 6) is 0.661. The van der Waals surface area contributed by atoms with Gasteiger partial charge in [-0.15, -0.1) is 0 Å². The van der Waals surface area contributed by atoms with Gasteiger partial charge < -0.3 is 9.47 Å². The van der Waals surface area contributed by atoms with Gasteiger partial charge in [0.1, 0.15) is 0 Å². The van der Waals surface area contributed by atoms with E-state index in [4.69, 9.17) is 9.97 Å². The predicted octanol–water partition coefficient (Wildman–Crippen LogP) is 14.1. The highest BCUT2D eigenvalue weighted by Crippen LogP contribution is 2.50. The molecule has 0 aliphatic carbocycles. The Morgan fingerprint density at radius 1 is 0.356 bits per heavy atom. The number of para-hydroxylation sites is 4. The van der Waals surface area contributed by atoms with E-state index >= 15 is 0 Å². The molecule has 0 amide bonds. The molecule has 4 heterocycles. The summed E-state index contributed by atoms with van der Waals surface area (Å²) in [5, 5.41) is 8.34. The van der Waals surface area contributed by atoms with Crippen LogP contribution in [0.3, 0.4) is 0 Å². The van der Waals surface area contributed by atoms with Gasteiger partial charge in [0.2, 0.25) is 5.95 Å². The van der Waals surface area contributed by atoms with E-state index in [0.717, 1.165) is 66.9 Å². The normalized spacial score (nSPS) is 12.4. The quantitative estimate of drug-likeness (QED) is 0.180. The molecule has 1 aliphatic heterocycles. The second kappa shape index (κ2) is 12.2. The molecule has 0 saturated carbocycles. The Bertz CT molecular complexity index is 3670. The average Bonchev–Trinajstić information content (AvgIpc) is 3.80. The van der Waals surface area contributed by atoms with Crippen LogP contribution in [-0.2, 0) is 0 Å². The van der Waals surface area contributed by atoms with Gasteiger partial charge in [-0.05, 0) is 107 Å². The molecule has 5 nitrogen and oxygen atoms in total. The minimum Gasteiger partial charge on any atom is -0.309 e. The monoisotopic (exact) mass is 751 g/mol. The third-order valence-electron chi connectivity index (χ3n) is 12.2. The van der Waals surface area contributed by atoms with Gasteiger partial charge in [0.15, 0.2) is 0 Å². The zero-order valence-electron chi connectivity index (χ0n) is 31.8. The van der Waals surface area contributed by atoms with Crippen molar-refractivity contribution in [2.45, 2.75) is 0 Å².